The van der Waals surface area contributed by atoms with E-state index >= 15 is 0 Å². The van der Waals surface area contributed by atoms with Crippen molar-refractivity contribution in [2.75, 3.05) is 13.2 Å². The third-order valence-electron chi connectivity index (χ3n) is 4.53. The zero-order chi connectivity index (χ0) is 14.8. The van der Waals surface area contributed by atoms with Gasteiger partial charge >= 0.3 is 6.09 Å². The van der Waals surface area contributed by atoms with Gasteiger partial charge in [-0.3, -0.25) is 9.69 Å². The molecule has 3 heterocycles. The van der Waals surface area contributed by atoms with E-state index in [0.29, 0.717) is 25.9 Å². The number of piperidine rings is 1. The minimum absolute atomic E-state index is 0.0797. The molecule has 0 aromatic heterocycles. The summed E-state index contributed by atoms with van der Waals surface area (Å²) in [5, 5.41) is 0. The lowest BCUT2D eigenvalue weighted by Gasteiger charge is -2.34. The van der Waals surface area contributed by atoms with Crippen LogP contribution in [0.5, 0.6) is 0 Å². The van der Waals surface area contributed by atoms with Crippen molar-refractivity contribution in [3.05, 3.63) is 0 Å². The van der Waals surface area contributed by atoms with Crippen molar-refractivity contribution in [3.63, 3.8) is 0 Å². The lowest BCUT2D eigenvalue weighted by Crippen LogP contribution is -2.49. The summed E-state index contributed by atoms with van der Waals surface area (Å²) in [6.45, 7) is 2.87. The molecule has 6 nitrogen and oxygen atoms in total. The fourth-order valence-electron chi connectivity index (χ4n) is 3.62. The van der Waals surface area contributed by atoms with E-state index in [2.05, 4.69) is 0 Å². The van der Waals surface area contributed by atoms with Crippen molar-refractivity contribution in [2.45, 2.75) is 69.9 Å². The van der Waals surface area contributed by atoms with Crippen molar-refractivity contribution >= 4 is 11.9 Å². The van der Waals surface area contributed by atoms with Crippen molar-refractivity contribution in [1.82, 2.24) is 4.90 Å². The van der Waals surface area contributed by atoms with Crippen LogP contribution in [0.15, 0.2) is 0 Å². The topological polar surface area (TPSA) is 65.1 Å². The maximum Gasteiger partial charge on any atom is 0.410 e. The second-order valence-electron chi connectivity index (χ2n) is 5.98. The molecule has 3 aliphatic rings. The molecule has 0 N–H and O–H groups in total. The van der Waals surface area contributed by atoms with Gasteiger partial charge < -0.3 is 14.2 Å². The highest BCUT2D eigenvalue weighted by Crippen LogP contribution is 2.37. The lowest BCUT2D eigenvalue weighted by molar-refractivity contribution is -0.191. The van der Waals surface area contributed by atoms with E-state index in [0.717, 1.165) is 25.9 Å². The molecule has 0 aliphatic carbocycles. The van der Waals surface area contributed by atoms with Crippen molar-refractivity contribution in [3.8, 4) is 0 Å². The van der Waals surface area contributed by atoms with Gasteiger partial charge in [-0.2, -0.15) is 0 Å². The predicted octanol–water partition coefficient (Wildman–Crippen LogP) is 1.86. The van der Waals surface area contributed by atoms with Crippen molar-refractivity contribution in [2.24, 2.45) is 0 Å². The van der Waals surface area contributed by atoms with Gasteiger partial charge in [0, 0.05) is 25.5 Å². The number of fused-ring (bicyclic) bond motifs is 2. The number of carbonyl (C=O) groups excluding carboxylic acids is 2. The summed E-state index contributed by atoms with van der Waals surface area (Å²) >= 11 is 0. The molecule has 3 rings (SSSR count). The number of rotatable bonds is 3. The quantitative estimate of drug-likeness (QED) is 0.795. The van der Waals surface area contributed by atoms with Crippen LogP contribution >= 0.6 is 0 Å². The minimum atomic E-state index is -0.323. The van der Waals surface area contributed by atoms with Crippen molar-refractivity contribution in [1.29, 1.82) is 0 Å². The molecule has 0 radical (unpaired) electrons. The molecule has 3 saturated heterocycles. The second-order valence-corrected chi connectivity index (χ2v) is 5.98. The van der Waals surface area contributed by atoms with Crippen LogP contribution in [0.2, 0.25) is 0 Å². The van der Waals surface area contributed by atoms with E-state index in [1.807, 2.05) is 0 Å². The highest BCUT2D eigenvalue weighted by molar-refractivity contribution is 5.84. The van der Waals surface area contributed by atoms with Gasteiger partial charge in [-0.1, -0.05) is 0 Å². The first-order valence-corrected chi connectivity index (χ1v) is 7.93. The van der Waals surface area contributed by atoms with Crippen LogP contribution in [0.4, 0.5) is 4.79 Å². The minimum Gasteiger partial charge on any atom is -0.450 e. The monoisotopic (exact) mass is 297 g/mol. The van der Waals surface area contributed by atoms with E-state index < -0.39 is 0 Å². The van der Waals surface area contributed by atoms with E-state index in [-0.39, 0.29) is 36.4 Å². The largest absolute Gasteiger partial charge is 0.450 e. The first-order valence-electron chi connectivity index (χ1n) is 7.93. The highest BCUT2D eigenvalue weighted by Gasteiger charge is 2.50. The molecule has 0 spiro atoms. The second kappa shape index (κ2) is 6.32. The Hall–Kier alpha value is -1.14. The number of ketones is 1. The van der Waals surface area contributed by atoms with Crippen LogP contribution in [0, 0.1) is 0 Å². The summed E-state index contributed by atoms with van der Waals surface area (Å²) in [6, 6.07) is -0.273. The number of Topliss-reactive ketones (excluding diaryl/α,β-unsaturated/α-hetero) is 1. The van der Waals surface area contributed by atoms with Gasteiger partial charge in [0.05, 0.1) is 18.8 Å². The Labute approximate surface area is 124 Å². The van der Waals surface area contributed by atoms with Crippen LogP contribution in [-0.2, 0) is 19.0 Å². The van der Waals surface area contributed by atoms with E-state index in [1.165, 1.54) is 0 Å². The molecule has 2 bridgehead atoms. The summed E-state index contributed by atoms with van der Waals surface area (Å²) in [5.74, 6) is 0.209. The predicted molar refractivity (Wildman–Crippen MR) is 73.8 cm³/mol. The Bertz CT molecular complexity index is 407. The van der Waals surface area contributed by atoms with Gasteiger partial charge in [-0.25, -0.2) is 4.79 Å². The average Bonchev–Trinajstić information content (AvgIpc) is 2.69. The molecule has 3 aliphatic heterocycles. The lowest BCUT2D eigenvalue weighted by atomic mass is 10.0. The molecule has 118 valence electrons. The average molecular weight is 297 g/mol. The van der Waals surface area contributed by atoms with Crippen molar-refractivity contribution < 1.29 is 23.8 Å². The van der Waals surface area contributed by atoms with Crippen LogP contribution in [0.25, 0.3) is 0 Å². The molecule has 0 saturated carbocycles. The number of nitrogens with zero attached hydrogens (tertiary/aromatic N) is 1. The maximum atomic E-state index is 12.1. The van der Waals surface area contributed by atoms with E-state index in [1.54, 1.807) is 11.8 Å². The molecule has 4 atom stereocenters. The third-order valence-corrected chi connectivity index (χ3v) is 4.53. The molecular formula is C15H23NO5. The Morgan fingerprint density at radius 1 is 1.38 bits per heavy atom. The first-order chi connectivity index (χ1) is 10.2. The standard InChI is InChI=1S/C15H23NO5/c1-2-19-15(18)16-10-7-11(17)9-12(16)13(8-10)21-14-5-3-4-6-20-14/h10,12-14H,2-9H2,1H3. The highest BCUT2D eigenvalue weighted by atomic mass is 16.7. The van der Waals surface area contributed by atoms with Gasteiger partial charge in [0.1, 0.15) is 5.78 Å². The van der Waals surface area contributed by atoms with Crippen LogP contribution in [0.1, 0.15) is 45.4 Å². The summed E-state index contributed by atoms with van der Waals surface area (Å²) in [4.78, 5) is 25.7. The van der Waals surface area contributed by atoms with Gasteiger partial charge in [0.25, 0.3) is 0 Å². The molecule has 21 heavy (non-hydrogen) atoms. The number of hydrogen-bond donors (Lipinski definition) is 0. The van der Waals surface area contributed by atoms with Gasteiger partial charge in [0.2, 0.25) is 0 Å². The Kier molecular flexibility index (Phi) is 4.45. The molecular weight excluding hydrogens is 274 g/mol. The van der Waals surface area contributed by atoms with E-state index in [9.17, 15) is 9.59 Å². The number of ether oxygens (including phenoxy) is 3. The summed E-state index contributed by atoms with van der Waals surface area (Å²) in [7, 11) is 0. The third kappa shape index (κ3) is 3.06. The first kappa shape index (κ1) is 14.8. The smallest absolute Gasteiger partial charge is 0.410 e. The number of amides is 1. The Balaban J connectivity index is 1.68. The fourth-order valence-corrected chi connectivity index (χ4v) is 3.62. The number of hydrogen-bond acceptors (Lipinski definition) is 5. The zero-order valence-corrected chi connectivity index (χ0v) is 12.5. The molecule has 4 unspecified atom stereocenters. The normalized spacial score (nSPS) is 35.9. The molecule has 6 heteroatoms. The maximum absolute atomic E-state index is 12.1. The molecule has 0 aromatic carbocycles. The SMILES string of the molecule is CCOC(=O)N1C2CC(=O)CC1C(OC1CCCCO1)C2. The van der Waals surface area contributed by atoms with Crippen LogP contribution < -0.4 is 0 Å². The molecule has 1 amide bonds. The van der Waals surface area contributed by atoms with E-state index in [4.69, 9.17) is 14.2 Å². The molecule has 0 aromatic rings. The fraction of sp³-hybridized carbons (Fsp3) is 0.867. The Morgan fingerprint density at radius 3 is 2.95 bits per heavy atom. The van der Waals surface area contributed by atoms with Crippen LogP contribution in [0.3, 0.4) is 0 Å². The zero-order valence-electron chi connectivity index (χ0n) is 12.5. The molecule has 3 fully saturated rings. The van der Waals surface area contributed by atoms with Gasteiger partial charge in [-0.15, -0.1) is 0 Å². The summed E-state index contributed by atoms with van der Waals surface area (Å²) in [5.41, 5.74) is 0. The Morgan fingerprint density at radius 2 is 2.24 bits per heavy atom. The van der Waals surface area contributed by atoms with Gasteiger partial charge in [0.15, 0.2) is 6.29 Å². The number of carbonyl (C=O) groups is 2. The van der Waals surface area contributed by atoms with Gasteiger partial charge in [-0.05, 0) is 32.6 Å². The van der Waals surface area contributed by atoms with Crippen LogP contribution in [-0.4, -0.2) is 54.5 Å². The summed E-state index contributed by atoms with van der Waals surface area (Å²) in [6.07, 6.45) is 3.92. The summed E-state index contributed by atoms with van der Waals surface area (Å²) < 4.78 is 16.8.